The molecule has 0 aliphatic rings. The fourth-order valence-corrected chi connectivity index (χ4v) is 1.61. The lowest BCUT2D eigenvalue weighted by molar-refractivity contribution is -0.141. The summed E-state index contributed by atoms with van der Waals surface area (Å²) < 4.78 is 0. The first-order valence-corrected chi connectivity index (χ1v) is 5.79. The third-order valence-electron chi connectivity index (χ3n) is 2.82. The molecule has 1 unspecified atom stereocenters. The van der Waals surface area contributed by atoms with E-state index in [9.17, 15) is 9.59 Å². The molecule has 0 spiro atoms. The number of rotatable bonds is 6. The number of carboxylic acids is 1. The van der Waals surface area contributed by atoms with Crippen LogP contribution in [-0.2, 0) is 4.79 Å². The summed E-state index contributed by atoms with van der Waals surface area (Å²) in [6.07, 6.45) is 0.548. The molecular weight excluding hydrogens is 232 g/mol. The van der Waals surface area contributed by atoms with Crippen molar-refractivity contribution in [2.75, 3.05) is 11.9 Å². The Morgan fingerprint density at radius 2 is 2.11 bits per heavy atom. The van der Waals surface area contributed by atoms with Crippen LogP contribution in [-0.4, -0.2) is 23.5 Å². The maximum Gasteiger partial charge on any atom is 0.306 e. The Labute approximate surface area is 106 Å². The third kappa shape index (κ3) is 3.76. The summed E-state index contributed by atoms with van der Waals surface area (Å²) in [5.74, 6) is -1.61. The quantitative estimate of drug-likeness (QED) is 0.715. The molecule has 98 valence electrons. The van der Waals surface area contributed by atoms with E-state index in [4.69, 9.17) is 10.8 Å². The molecule has 5 heteroatoms. The van der Waals surface area contributed by atoms with Gasteiger partial charge in [0.2, 0.25) is 5.91 Å². The molecule has 0 fully saturated rings. The molecule has 0 aromatic heterocycles. The monoisotopic (exact) mass is 250 g/mol. The number of aryl methyl sites for hydroxylation is 1. The van der Waals surface area contributed by atoms with Gasteiger partial charge in [-0.15, -0.1) is 0 Å². The zero-order chi connectivity index (χ0) is 13.7. The number of hydrogen-bond acceptors (Lipinski definition) is 3. The molecule has 0 aliphatic carbocycles. The molecule has 1 amide bonds. The van der Waals surface area contributed by atoms with E-state index >= 15 is 0 Å². The zero-order valence-corrected chi connectivity index (χ0v) is 10.6. The zero-order valence-electron chi connectivity index (χ0n) is 10.6. The van der Waals surface area contributed by atoms with Crippen molar-refractivity contribution in [3.8, 4) is 0 Å². The summed E-state index contributed by atoms with van der Waals surface area (Å²) in [7, 11) is 0. The minimum Gasteiger partial charge on any atom is -0.481 e. The maximum absolute atomic E-state index is 11.0. The van der Waals surface area contributed by atoms with Gasteiger partial charge in [0.1, 0.15) is 0 Å². The molecule has 0 bridgehead atoms. The van der Waals surface area contributed by atoms with E-state index in [0.717, 1.165) is 11.3 Å². The topological polar surface area (TPSA) is 92.4 Å². The van der Waals surface area contributed by atoms with Crippen LogP contribution < -0.4 is 11.1 Å². The number of nitrogens with two attached hydrogens (primary N) is 1. The number of anilines is 1. The van der Waals surface area contributed by atoms with Crippen LogP contribution in [0.1, 0.15) is 29.3 Å². The van der Waals surface area contributed by atoms with E-state index in [0.29, 0.717) is 18.5 Å². The number of nitrogens with one attached hydrogen (secondary N) is 1. The number of aliphatic carboxylic acids is 1. The van der Waals surface area contributed by atoms with E-state index in [2.05, 4.69) is 5.32 Å². The van der Waals surface area contributed by atoms with Crippen molar-refractivity contribution < 1.29 is 14.7 Å². The minimum atomic E-state index is -0.794. The highest BCUT2D eigenvalue weighted by Crippen LogP contribution is 2.15. The Kier molecular flexibility index (Phi) is 4.71. The Morgan fingerprint density at radius 1 is 1.44 bits per heavy atom. The summed E-state index contributed by atoms with van der Waals surface area (Å²) >= 11 is 0. The first-order chi connectivity index (χ1) is 8.41. The molecule has 5 nitrogen and oxygen atoms in total. The van der Waals surface area contributed by atoms with E-state index in [1.807, 2.05) is 13.0 Å². The predicted octanol–water partition coefficient (Wildman–Crippen LogP) is 1.62. The Hall–Kier alpha value is -2.04. The molecule has 1 aromatic carbocycles. The van der Waals surface area contributed by atoms with Gasteiger partial charge in [-0.2, -0.15) is 0 Å². The van der Waals surface area contributed by atoms with Crippen molar-refractivity contribution in [2.45, 2.75) is 20.3 Å². The van der Waals surface area contributed by atoms with Crippen molar-refractivity contribution in [2.24, 2.45) is 11.7 Å². The lowest BCUT2D eigenvalue weighted by Crippen LogP contribution is -2.15. The van der Waals surface area contributed by atoms with Crippen molar-refractivity contribution in [3.63, 3.8) is 0 Å². The van der Waals surface area contributed by atoms with E-state index in [1.165, 1.54) is 0 Å². The number of carboxylic acid groups (broad SMARTS) is 1. The third-order valence-corrected chi connectivity index (χ3v) is 2.82. The fraction of sp³-hybridized carbons (Fsp3) is 0.385. The number of amides is 1. The average Bonchev–Trinajstić information content (AvgIpc) is 2.28. The van der Waals surface area contributed by atoms with Crippen molar-refractivity contribution in [1.29, 1.82) is 0 Å². The summed E-state index contributed by atoms with van der Waals surface area (Å²) in [5.41, 5.74) is 7.37. The van der Waals surface area contributed by atoms with E-state index < -0.39 is 11.9 Å². The Morgan fingerprint density at radius 3 is 2.61 bits per heavy atom. The van der Waals surface area contributed by atoms with Crippen LogP contribution in [0.15, 0.2) is 18.2 Å². The maximum atomic E-state index is 11.0. The van der Waals surface area contributed by atoms with Gasteiger partial charge in [0, 0.05) is 17.8 Å². The highest BCUT2D eigenvalue weighted by Gasteiger charge is 2.10. The van der Waals surface area contributed by atoms with Crippen LogP contribution in [0, 0.1) is 12.8 Å². The highest BCUT2D eigenvalue weighted by atomic mass is 16.4. The highest BCUT2D eigenvalue weighted by molar-refractivity contribution is 5.94. The SMILES string of the molecule is Cc1cc(NCCC(C)C(=O)O)ccc1C(N)=O. The van der Waals surface area contributed by atoms with E-state index in [-0.39, 0.29) is 5.92 Å². The minimum absolute atomic E-state index is 0.372. The second-order valence-corrected chi connectivity index (χ2v) is 4.35. The van der Waals surface area contributed by atoms with Crippen LogP contribution in [0.2, 0.25) is 0 Å². The van der Waals surface area contributed by atoms with Gasteiger partial charge in [0.05, 0.1) is 5.92 Å². The molecule has 0 heterocycles. The van der Waals surface area contributed by atoms with Crippen molar-refractivity contribution >= 4 is 17.6 Å². The molecule has 1 rings (SSSR count). The van der Waals surface area contributed by atoms with Crippen LogP contribution in [0.5, 0.6) is 0 Å². The summed E-state index contributed by atoms with van der Waals surface area (Å²) in [5, 5.41) is 11.9. The van der Waals surface area contributed by atoms with Gasteiger partial charge in [-0.3, -0.25) is 9.59 Å². The standard InChI is InChI=1S/C13H18N2O3/c1-8(13(17)18)5-6-15-10-3-4-11(12(14)16)9(2)7-10/h3-4,7-8,15H,5-6H2,1-2H3,(H2,14,16)(H,17,18). The lowest BCUT2D eigenvalue weighted by atomic mass is 10.1. The largest absolute Gasteiger partial charge is 0.481 e. The summed E-state index contributed by atoms with van der Waals surface area (Å²) in [4.78, 5) is 21.7. The molecular formula is C13H18N2O3. The fourth-order valence-electron chi connectivity index (χ4n) is 1.61. The molecule has 4 N–H and O–H groups in total. The molecule has 0 saturated carbocycles. The molecule has 0 aliphatic heterocycles. The predicted molar refractivity (Wildman–Crippen MR) is 69.6 cm³/mol. The van der Waals surface area contributed by atoms with Gasteiger partial charge in [0.25, 0.3) is 0 Å². The Balaban J connectivity index is 2.56. The van der Waals surface area contributed by atoms with Crippen molar-refractivity contribution in [3.05, 3.63) is 29.3 Å². The number of primary amides is 1. The van der Waals surface area contributed by atoms with Crippen LogP contribution in [0.3, 0.4) is 0 Å². The van der Waals surface area contributed by atoms with Gasteiger partial charge < -0.3 is 16.2 Å². The number of carbonyl (C=O) groups excluding carboxylic acids is 1. The molecule has 1 atom stereocenters. The molecule has 1 aromatic rings. The number of benzene rings is 1. The molecule has 0 radical (unpaired) electrons. The van der Waals surface area contributed by atoms with E-state index in [1.54, 1.807) is 19.1 Å². The van der Waals surface area contributed by atoms with Crippen molar-refractivity contribution in [1.82, 2.24) is 0 Å². The van der Waals surface area contributed by atoms with Gasteiger partial charge >= 0.3 is 5.97 Å². The van der Waals surface area contributed by atoms with Gasteiger partial charge in [-0.05, 0) is 37.1 Å². The summed E-state index contributed by atoms with van der Waals surface area (Å²) in [6, 6.07) is 5.25. The first kappa shape index (κ1) is 14.0. The van der Waals surface area contributed by atoms with Gasteiger partial charge in [0.15, 0.2) is 0 Å². The smallest absolute Gasteiger partial charge is 0.306 e. The van der Waals surface area contributed by atoms with Gasteiger partial charge in [-0.1, -0.05) is 6.92 Å². The van der Waals surface area contributed by atoms with Crippen LogP contribution in [0.25, 0.3) is 0 Å². The molecule has 18 heavy (non-hydrogen) atoms. The van der Waals surface area contributed by atoms with Crippen LogP contribution >= 0.6 is 0 Å². The van der Waals surface area contributed by atoms with Crippen LogP contribution in [0.4, 0.5) is 5.69 Å². The second kappa shape index (κ2) is 6.05. The first-order valence-electron chi connectivity index (χ1n) is 5.79. The average molecular weight is 250 g/mol. The Bertz CT molecular complexity index is 458. The number of hydrogen-bond donors (Lipinski definition) is 3. The lowest BCUT2D eigenvalue weighted by Gasteiger charge is -2.10. The number of carbonyl (C=O) groups is 2. The van der Waals surface area contributed by atoms with Gasteiger partial charge in [-0.25, -0.2) is 0 Å². The summed E-state index contributed by atoms with van der Waals surface area (Å²) in [6.45, 7) is 4.05. The molecule has 0 saturated heterocycles. The normalized spacial score (nSPS) is 11.9. The second-order valence-electron chi connectivity index (χ2n) is 4.35.